The molecule has 0 spiro atoms. The van der Waals surface area contributed by atoms with Gasteiger partial charge in [0.25, 0.3) is 0 Å². The summed E-state index contributed by atoms with van der Waals surface area (Å²) in [4.78, 5) is 0. The molecule has 6 unspecified atom stereocenters. The molecular weight excluding hydrogens is 188 g/mol. The fraction of sp³-hybridized carbons (Fsp3) is 0.538. The zero-order valence-electron chi connectivity index (χ0n) is 8.79. The van der Waals surface area contributed by atoms with E-state index in [1.165, 1.54) is 0 Å². The van der Waals surface area contributed by atoms with E-state index in [0.29, 0.717) is 11.8 Å². The van der Waals surface area contributed by atoms with Gasteiger partial charge in [-0.3, -0.25) is 0 Å². The van der Waals surface area contributed by atoms with Crippen molar-refractivity contribution in [3.8, 4) is 0 Å². The second-order valence-corrected chi connectivity index (χ2v) is 4.56. The first-order valence-corrected chi connectivity index (χ1v) is 5.48. The zero-order valence-corrected chi connectivity index (χ0v) is 8.79. The molecule has 2 aliphatic rings. The van der Waals surface area contributed by atoms with Crippen LogP contribution in [0.3, 0.4) is 0 Å². The van der Waals surface area contributed by atoms with Crippen LogP contribution in [-0.4, -0.2) is 22.4 Å². The predicted octanol–water partition coefficient (Wildman–Crippen LogP) is 1.52. The van der Waals surface area contributed by atoms with E-state index in [4.69, 9.17) is 0 Å². The molecule has 0 aliphatic heterocycles. The third-order valence-corrected chi connectivity index (χ3v) is 3.85. The van der Waals surface area contributed by atoms with Crippen molar-refractivity contribution in [2.75, 3.05) is 0 Å². The molecule has 1 fully saturated rings. The van der Waals surface area contributed by atoms with Gasteiger partial charge in [0.1, 0.15) is 0 Å². The maximum Gasteiger partial charge on any atom is 0.0756 e. The van der Waals surface area contributed by atoms with Gasteiger partial charge in [0.05, 0.1) is 12.2 Å². The highest BCUT2D eigenvalue weighted by atomic mass is 16.3. The van der Waals surface area contributed by atoms with E-state index >= 15 is 0 Å². The molecule has 0 aromatic carbocycles. The average Bonchev–Trinajstić information content (AvgIpc) is 2.86. The molecule has 0 saturated heterocycles. The number of hydrogen-bond acceptors (Lipinski definition) is 2. The van der Waals surface area contributed by atoms with Crippen LogP contribution in [0, 0.1) is 23.7 Å². The van der Waals surface area contributed by atoms with Crippen molar-refractivity contribution in [3.63, 3.8) is 0 Å². The van der Waals surface area contributed by atoms with Gasteiger partial charge in [-0.2, -0.15) is 0 Å². The third-order valence-electron chi connectivity index (χ3n) is 3.85. The van der Waals surface area contributed by atoms with Crippen molar-refractivity contribution in [2.45, 2.75) is 18.6 Å². The fourth-order valence-corrected chi connectivity index (χ4v) is 3.17. The lowest BCUT2D eigenvalue weighted by Gasteiger charge is -2.32. The Bertz CT molecular complexity index is 267. The second-order valence-electron chi connectivity index (χ2n) is 4.56. The topological polar surface area (TPSA) is 40.5 Å². The smallest absolute Gasteiger partial charge is 0.0756 e. The van der Waals surface area contributed by atoms with Crippen LogP contribution in [0.15, 0.2) is 37.5 Å². The fourth-order valence-electron chi connectivity index (χ4n) is 3.17. The summed E-state index contributed by atoms with van der Waals surface area (Å²) in [6, 6.07) is 0. The highest BCUT2D eigenvalue weighted by Gasteiger charge is 2.48. The molecule has 6 atom stereocenters. The number of hydrogen-bond donors (Lipinski definition) is 2. The van der Waals surface area contributed by atoms with Gasteiger partial charge >= 0.3 is 0 Å². The van der Waals surface area contributed by atoms with Gasteiger partial charge in [-0.05, 0) is 18.3 Å². The molecule has 2 N–H and O–H groups in total. The van der Waals surface area contributed by atoms with Crippen LogP contribution in [0.5, 0.6) is 0 Å². The van der Waals surface area contributed by atoms with Gasteiger partial charge in [-0.1, -0.05) is 24.3 Å². The van der Waals surface area contributed by atoms with Gasteiger partial charge in [0.15, 0.2) is 0 Å². The Morgan fingerprint density at radius 1 is 1.00 bits per heavy atom. The molecule has 82 valence electrons. The van der Waals surface area contributed by atoms with Crippen molar-refractivity contribution in [1.82, 2.24) is 0 Å². The number of allylic oxidation sites excluding steroid dienone is 2. The number of aliphatic hydroxyl groups is 2. The van der Waals surface area contributed by atoms with Crippen molar-refractivity contribution in [2.24, 2.45) is 23.7 Å². The summed E-state index contributed by atoms with van der Waals surface area (Å²) in [5, 5.41) is 19.8. The highest BCUT2D eigenvalue weighted by molar-refractivity contribution is 5.18. The van der Waals surface area contributed by atoms with Crippen molar-refractivity contribution in [1.29, 1.82) is 0 Å². The first-order chi connectivity index (χ1) is 7.19. The van der Waals surface area contributed by atoms with E-state index in [1.54, 1.807) is 12.2 Å². The van der Waals surface area contributed by atoms with Crippen molar-refractivity contribution >= 4 is 0 Å². The molecule has 2 aliphatic carbocycles. The molecule has 0 heterocycles. The molecule has 2 heteroatoms. The highest BCUT2D eigenvalue weighted by Crippen LogP contribution is 2.51. The molecule has 0 aromatic heterocycles. The molecule has 0 amide bonds. The zero-order chi connectivity index (χ0) is 11.0. The Morgan fingerprint density at radius 2 is 1.40 bits per heavy atom. The van der Waals surface area contributed by atoms with E-state index in [2.05, 4.69) is 25.3 Å². The van der Waals surface area contributed by atoms with Gasteiger partial charge in [-0.25, -0.2) is 0 Å². The normalized spacial score (nSPS) is 41.5. The van der Waals surface area contributed by atoms with E-state index in [9.17, 15) is 10.2 Å². The molecule has 0 radical (unpaired) electrons. The molecular formula is C13H18O2. The molecule has 2 bridgehead atoms. The van der Waals surface area contributed by atoms with Gasteiger partial charge in [0.2, 0.25) is 0 Å². The first-order valence-electron chi connectivity index (χ1n) is 5.48. The summed E-state index contributed by atoms with van der Waals surface area (Å²) in [5.74, 6) is 0.987. The van der Waals surface area contributed by atoms with Crippen molar-refractivity contribution in [3.05, 3.63) is 37.5 Å². The van der Waals surface area contributed by atoms with E-state index in [-0.39, 0.29) is 11.8 Å². The molecule has 1 saturated carbocycles. The van der Waals surface area contributed by atoms with E-state index in [0.717, 1.165) is 6.42 Å². The van der Waals surface area contributed by atoms with E-state index < -0.39 is 12.2 Å². The van der Waals surface area contributed by atoms with Gasteiger partial charge < -0.3 is 10.2 Å². The number of rotatable bonds is 4. The summed E-state index contributed by atoms with van der Waals surface area (Å²) < 4.78 is 0. The minimum Gasteiger partial charge on any atom is -0.389 e. The van der Waals surface area contributed by atoms with Crippen molar-refractivity contribution < 1.29 is 10.2 Å². The lowest BCUT2D eigenvalue weighted by atomic mass is 9.76. The summed E-state index contributed by atoms with van der Waals surface area (Å²) in [7, 11) is 0. The predicted molar refractivity (Wildman–Crippen MR) is 60.1 cm³/mol. The largest absolute Gasteiger partial charge is 0.389 e. The Hall–Kier alpha value is -0.860. The number of aliphatic hydroxyl groups excluding tert-OH is 2. The Balaban J connectivity index is 2.23. The van der Waals surface area contributed by atoms with E-state index in [1.807, 2.05) is 0 Å². The van der Waals surface area contributed by atoms with Crippen LogP contribution in [-0.2, 0) is 0 Å². The Kier molecular flexibility index (Phi) is 2.81. The van der Waals surface area contributed by atoms with Crippen LogP contribution in [0.4, 0.5) is 0 Å². The summed E-state index contributed by atoms with van der Waals surface area (Å²) in [6.45, 7) is 7.25. The Morgan fingerprint density at radius 3 is 1.73 bits per heavy atom. The lowest BCUT2D eigenvalue weighted by molar-refractivity contribution is 0.0420. The molecule has 15 heavy (non-hydrogen) atoms. The first kappa shape index (κ1) is 10.7. The quantitative estimate of drug-likeness (QED) is 0.685. The Labute approximate surface area is 90.6 Å². The van der Waals surface area contributed by atoms with Crippen LogP contribution in [0.1, 0.15) is 6.42 Å². The minimum absolute atomic E-state index is 0.102. The molecule has 2 nitrogen and oxygen atoms in total. The maximum atomic E-state index is 9.90. The number of fused-ring (bicyclic) bond motifs is 2. The van der Waals surface area contributed by atoms with Crippen LogP contribution >= 0.6 is 0 Å². The maximum absolute atomic E-state index is 9.90. The van der Waals surface area contributed by atoms with Gasteiger partial charge in [0, 0.05) is 11.8 Å². The molecule has 2 rings (SSSR count). The third kappa shape index (κ3) is 1.58. The second kappa shape index (κ2) is 3.95. The van der Waals surface area contributed by atoms with Crippen LogP contribution < -0.4 is 0 Å². The summed E-state index contributed by atoms with van der Waals surface area (Å²) in [5.41, 5.74) is 0. The SMILES string of the molecule is C=CC(O)C1C2C=CC(C2)C1C(O)C=C. The summed E-state index contributed by atoms with van der Waals surface area (Å²) in [6.07, 6.45) is 7.46. The molecule has 0 aromatic rings. The van der Waals surface area contributed by atoms with Crippen LogP contribution in [0.25, 0.3) is 0 Å². The monoisotopic (exact) mass is 206 g/mol. The standard InChI is InChI=1S/C13H18O2/c1-3-10(14)12-8-5-6-9(7-8)13(12)11(15)4-2/h3-6,8-15H,1-2,7H2. The van der Waals surface area contributed by atoms with Crippen LogP contribution in [0.2, 0.25) is 0 Å². The lowest BCUT2D eigenvalue weighted by Crippen LogP contribution is -2.36. The van der Waals surface area contributed by atoms with Gasteiger partial charge in [-0.15, -0.1) is 13.2 Å². The average molecular weight is 206 g/mol. The summed E-state index contributed by atoms with van der Waals surface area (Å²) >= 11 is 0. The minimum atomic E-state index is -0.524.